The van der Waals surface area contributed by atoms with Gasteiger partial charge in [0.05, 0.1) is 73.5 Å². The van der Waals surface area contributed by atoms with E-state index >= 15 is 4.21 Å². The summed E-state index contributed by atoms with van der Waals surface area (Å²) in [6.07, 6.45) is -4.09. The minimum absolute atomic E-state index is 0.0495. The van der Waals surface area contributed by atoms with Gasteiger partial charge in [0.25, 0.3) is 0 Å². The number of aromatic amines is 1. The summed E-state index contributed by atoms with van der Waals surface area (Å²) in [6.45, 7) is 3.92. The predicted octanol–water partition coefficient (Wildman–Crippen LogP) is -1.68. The third-order valence-electron chi connectivity index (χ3n) is 15.9. The molecule has 0 spiro atoms. The largest absolute Gasteiger partial charge is 0.496 e. The molecule has 11 N–H and O–H groups in total. The lowest BCUT2D eigenvalue weighted by Crippen LogP contribution is -2.60. The Hall–Kier alpha value is -6.62. The number of nitrogens with zero attached hydrogens (tertiary/aromatic N) is 2. The van der Waals surface area contributed by atoms with Gasteiger partial charge in [0.2, 0.25) is 53.2 Å². The third kappa shape index (κ3) is 16.6. The van der Waals surface area contributed by atoms with E-state index in [0.717, 1.165) is 4.90 Å². The van der Waals surface area contributed by atoms with Gasteiger partial charge in [-0.25, -0.2) is 0 Å². The number of carbonyl (C=O) groups excluding carboxylic acids is 12. The molecule has 0 saturated carbocycles. The second-order valence-corrected chi connectivity index (χ2v) is 24.5. The van der Waals surface area contributed by atoms with Crippen LogP contribution in [0.25, 0.3) is 10.9 Å². The van der Waals surface area contributed by atoms with E-state index in [1.807, 2.05) is 0 Å². The molecule has 1 aromatic heterocycles. The number of primary amides is 1. The highest BCUT2D eigenvalue weighted by Crippen LogP contribution is 2.37. The van der Waals surface area contributed by atoms with Crippen LogP contribution in [0.1, 0.15) is 103 Å². The molecule has 26 nitrogen and oxygen atoms in total. The lowest BCUT2D eigenvalue weighted by atomic mass is 9.85. The van der Waals surface area contributed by atoms with Crippen LogP contribution in [0.15, 0.2) is 17.2 Å². The molecule has 0 aliphatic carbocycles. The van der Waals surface area contributed by atoms with Gasteiger partial charge >= 0.3 is 0 Å². The minimum Gasteiger partial charge on any atom is -0.496 e. The number of ether oxygens (including phenoxy) is 1. The molecule has 9 amide bonds. The summed E-state index contributed by atoms with van der Waals surface area (Å²) in [4.78, 5) is 170. The van der Waals surface area contributed by atoms with Crippen LogP contribution in [-0.4, -0.2) is 193 Å². The first-order valence-electron chi connectivity index (χ1n) is 28.0. The van der Waals surface area contributed by atoms with Crippen molar-refractivity contribution < 1.29 is 81.8 Å². The highest BCUT2D eigenvalue weighted by Gasteiger charge is 2.45. The summed E-state index contributed by atoms with van der Waals surface area (Å²) in [5.41, 5.74) is 6.63. The SMILES string of the molecule is CC[C@H](C)[C@@H]1CC(=O)CNC(=O)[C@H]2CC(=O)[C@H]([C@@H](C)[C@@H](O)CO)NC(=O)[C@@H]3C[C@@H](O)CN3C(=O)[C@H](CC(N)=O)NC(=O)[C@H](CS(=O)c3[nH]c4c(CSCCCC(=O)CCCN5C(=O)CC(C)C5=O)c(OC)ccc4c3C2)NC(=O)CNC1=O. The first kappa shape index (κ1) is 65.5. The number of imide groups is 1. The first-order chi connectivity index (χ1) is 39.4. The molecule has 1 aromatic carbocycles. The van der Waals surface area contributed by atoms with E-state index in [4.69, 9.17) is 10.5 Å². The number of nitrogens with one attached hydrogen (secondary N) is 6. The molecular weight excluding hydrogens is 1120 g/mol. The minimum atomic E-state index is -2.42. The molecule has 2 fully saturated rings. The van der Waals surface area contributed by atoms with Gasteiger partial charge in [-0.2, -0.15) is 11.8 Å². The van der Waals surface area contributed by atoms with Crippen molar-refractivity contribution in [3.63, 3.8) is 0 Å². The number of H-pyrrole nitrogens is 1. The van der Waals surface area contributed by atoms with Crippen molar-refractivity contribution in [2.45, 2.75) is 145 Å². The molecule has 12 atom stereocenters. The van der Waals surface area contributed by atoms with Crippen molar-refractivity contribution in [2.24, 2.45) is 35.3 Å². The molecule has 2 aromatic rings. The summed E-state index contributed by atoms with van der Waals surface area (Å²) in [6, 6.07) is -3.73. The summed E-state index contributed by atoms with van der Waals surface area (Å²) in [5.74, 6) is -13.3. The summed E-state index contributed by atoms with van der Waals surface area (Å²) < 4.78 is 21.1. The highest BCUT2D eigenvalue weighted by atomic mass is 32.2. The van der Waals surface area contributed by atoms with Gasteiger partial charge < -0.3 is 62.3 Å². The molecule has 4 aliphatic heterocycles. The average molecular weight is 1200 g/mol. The Labute approximate surface area is 486 Å². The smallest absolute Gasteiger partial charge is 0.246 e. The second-order valence-electron chi connectivity index (χ2n) is 22.0. The molecule has 2 bridgehead atoms. The zero-order valence-corrected chi connectivity index (χ0v) is 48.9. The van der Waals surface area contributed by atoms with Crippen LogP contribution in [0.4, 0.5) is 0 Å². The Balaban J connectivity index is 1.46. The highest BCUT2D eigenvalue weighted by molar-refractivity contribution is 7.98. The maximum absolute atomic E-state index is 15.3. The molecule has 4 aliphatic rings. The maximum atomic E-state index is 15.3. The summed E-state index contributed by atoms with van der Waals surface area (Å²) >= 11 is 1.43. The second kappa shape index (κ2) is 29.8. The number of aromatic nitrogens is 1. The van der Waals surface area contributed by atoms with Crippen LogP contribution < -0.4 is 37.1 Å². The Kier molecular flexibility index (Phi) is 23.5. The number of carbonyl (C=O) groups is 12. The van der Waals surface area contributed by atoms with Crippen molar-refractivity contribution in [3.8, 4) is 5.75 Å². The van der Waals surface area contributed by atoms with Gasteiger partial charge in [-0.1, -0.05) is 34.1 Å². The molecule has 2 unspecified atom stereocenters. The van der Waals surface area contributed by atoms with Gasteiger partial charge in [-0.15, -0.1) is 0 Å². The lowest BCUT2D eigenvalue weighted by Gasteiger charge is -2.32. The van der Waals surface area contributed by atoms with Crippen molar-refractivity contribution in [1.29, 1.82) is 0 Å². The van der Waals surface area contributed by atoms with E-state index in [9.17, 15) is 72.9 Å². The van der Waals surface area contributed by atoms with Crippen molar-refractivity contribution in [1.82, 2.24) is 41.4 Å². The van der Waals surface area contributed by atoms with Crippen LogP contribution in [0.5, 0.6) is 5.75 Å². The van der Waals surface area contributed by atoms with Crippen LogP contribution in [-0.2, 0) is 80.5 Å². The van der Waals surface area contributed by atoms with Crippen molar-refractivity contribution >= 4 is 104 Å². The maximum Gasteiger partial charge on any atom is 0.246 e. The number of aliphatic hydroxyl groups is 3. The fourth-order valence-electron chi connectivity index (χ4n) is 10.9. The number of Topliss-reactive ketones (excluding diaryl/α,β-unsaturated/α-hetero) is 3. The van der Waals surface area contributed by atoms with E-state index in [0.29, 0.717) is 47.2 Å². The fraction of sp³-hybridized carbons (Fsp3) is 0.636. The van der Waals surface area contributed by atoms with Crippen LogP contribution >= 0.6 is 11.8 Å². The third-order valence-corrected chi connectivity index (χ3v) is 18.4. The van der Waals surface area contributed by atoms with E-state index < -0.39 is 181 Å². The number of methoxy groups -OCH3 is 1. The number of aliphatic hydroxyl groups excluding tert-OH is 3. The zero-order valence-electron chi connectivity index (χ0n) is 47.3. The number of amides is 9. The van der Waals surface area contributed by atoms with Crippen molar-refractivity contribution in [3.05, 3.63) is 23.3 Å². The summed E-state index contributed by atoms with van der Waals surface area (Å²) in [5, 5.41) is 44.8. The van der Waals surface area contributed by atoms with Crippen LogP contribution in [0, 0.1) is 29.6 Å². The Morgan fingerprint density at radius 2 is 1.60 bits per heavy atom. The quantitative estimate of drug-likeness (QED) is 0.0589. The molecule has 2 saturated heterocycles. The van der Waals surface area contributed by atoms with E-state index in [2.05, 4.69) is 31.6 Å². The number of ketones is 3. The first-order valence-corrected chi connectivity index (χ1v) is 30.4. The van der Waals surface area contributed by atoms with Gasteiger partial charge in [0, 0.05) is 92.0 Å². The van der Waals surface area contributed by atoms with Crippen LogP contribution in [0.2, 0.25) is 0 Å². The molecule has 83 heavy (non-hydrogen) atoms. The number of fused-ring (bicyclic) bond motifs is 5. The van der Waals surface area contributed by atoms with E-state index in [1.165, 1.54) is 30.7 Å². The van der Waals surface area contributed by atoms with Crippen LogP contribution in [0.3, 0.4) is 0 Å². The Morgan fingerprint density at radius 1 is 0.892 bits per heavy atom. The molecule has 5 heterocycles. The number of rotatable bonds is 18. The predicted molar refractivity (Wildman–Crippen MR) is 300 cm³/mol. The van der Waals surface area contributed by atoms with Crippen molar-refractivity contribution in [2.75, 3.05) is 51.4 Å². The number of likely N-dealkylation sites (tertiary alicyclic amines) is 1. The topological polar surface area (TPSA) is 400 Å². The fourth-order valence-corrected chi connectivity index (χ4v) is 13.3. The molecule has 0 radical (unpaired) electrons. The van der Waals surface area contributed by atoms with Gasteiger partial charge in [-0.05, 0) is 48.6 Å². The molecular formula is C55H77N9O17S2. The van der Waals surface area contributed by atoms with E-state index in [1.54, 1.807) is 32.9 Å². The summed E-state index contributed by atoms with van der Waals surface area (Å²) in [7, 11) is -0.997. The van der Waals surface area contributed by atoms with Gasteiger partial charge in [-0.3, -0.25) is 66.6 Å². The normalized spacial score (nSPS) is 26.8. The monoisotopic (exact) mass is 1200 g/mol. The average Bonchev–Trinajstić information content (AvgIpc) is 4.26. The number of thioether (sulfide) groups is 1. The zero-order chi connectivity index (χ0) is 61.0. The molecule has 6 rings (SSSR count). The van der Waals surface area contributed by atoms with E-state index in [-0.39, 0.29) is 72.1 Å². The number of hydrogen-bond donors (Lipinski definition) is 10. The number of nitrogens with two attached hydrogens (primary N) is 1. The number of benzene rings is 1. The Morgan fingerprint density at radius 3 is 2.27 bits per heavy atom. The van der Waals surface area contributed by atoms with Gasteiger partial charge in [0.1, 0.15) is 34.7 Å². The molecule has 28 heteroatoms. The lowest BCUT2D eigenvalue weighted by molar-refractivity contribution is -0.144. The van der Waals surface area contributed by atoms with Gasteiger partial charge in [0.15, 0.2) is 11.6 Å². The molecule has 456 valence electrons. The number of hydrogen-bond acceptors (Lipinski definition) is 18. The standard InChI is InChI=1S/C55H77N9O17S2/c1-6-27(2)35-18-32(67)21-57-49(74)30-16-36-34-11-12-43(81-5)37(25-82-14-8-10-31(66)9-7-13-63-46(73)15-28(3)54(63)78)48(34)62-53(36)83(80)26-39(59-45(72)22-58-50(35)75)51(76)60-38(20-44(56)71)55(79)64-23-33(68)19-40(64)52(77)61-47(41(69)17-30)29(4)42(70)24-65/h11-12,27-30,33,35,38-40,42,47,62,65,68,70H,6-10,13-26H2,1-5H3,(H2,56,71)(H,57,74)(H,58,75)(H,59,72)(H,60,76)(H,61,77)/t27-,28?,29-,30+,33+,35-,38-,39-,40-,42-,47-,83?/m0/s1. The Bertz CT molecular complexity index is 2860.